The van der Waals surface area contributed by atoms with Gasteiger partial charge in [-0.3, -0.25) is 4.79 Å². The second kappa shape index (κ2) is 7.41. The number of halogens is 3. The zero-order chi connectivity index (χ0) is 19.8. The summed E-state index contributed by atoms with van der Waals surface area (Å²) < 4.78 is 44.4. The van der Waals surface area contributed by atoms with Crippen LogP contribution in [0.1, 0.15) is 38.2 Å². The van der Waals surface area contributed by atoms with E-state index in [1.54, 1.807) is 27.0 Å². The third-order valence-corrected chi connectivity index (χ3v) is 5.37. The van der Waals surface area contributed by atoms with Crippen LogP contribution in [-0.4, -0.2) is 36.7 Å². The third-order valence-electron chi connectivity index (χ3n) is 5.37. The Morgan fingerprint density at radius 3 is 2.37 bits per heavy atom. The van der Waals surface area contributed by atoms with Crippen molar-refractivity contribution in [3.8, 4) is 5.75 Å². The van der Waals surface area contributed by atoms with Crippen LogP contribution in [0.15, 0.2) is 36.4 Å². The van der Waals surface area contributed by atoms with E-state index < -0.39 is 30.6 Å². The second-order valence-electron chi connectivity index (χ2n) is 7.35. The second-order valence-corrected chi connectivity index (χ2v) is 7.35. The highest BCUT2D eigenvalue weighted by molar-refractivity contribution is 5.88. The van der Waals surface area contributed by atoms with E-state index >= 15 is 0 Å². The zero-order valence-corrected chi connectivity index (χ0v) is 15.7. The summed E-state index contributed by atoms with van der Waals surface area (Å²) in [6, 6.07) is 10.7. The minimum atomic E-state index is -4.40. The molecule has 0 aromatic heterocycles. The number of nitrogens with zero attached hydrogens (tertiary/aromatic N) is 1. The fourth-order valence-corrected chi connectivity index (χ4v) is 3.48. The Morgan fingerprint density at radius 1 is 1.15 bits per heavy atom. The third kappa shape index (κ3) is 4.54. The maximum Gasteiger partial charge on any atom is 0.406 e. The van der Waals surface area contributed by atoms with E-state index in [9.17, 15) is 18.0 Å². The van der Waals surface area contributed by atoms with Gasteiger partial charge in [0.25, 0.3) is 0 Å². The van der Waals surface area contributed by atoms with E-state index in [1.807, 2.05) is 30.3 Å². The lowest BCUT2D eigenvalue weighted by Crippen LogP contribution is -2.47. The van der Waals surface area contributed by atoms with Crippen LogP contribution in [0, 0.1) is 5.92 Å². The van der Waals surface area contributed by atoms with Gasteiger partial charge in [-0.25, -0.2) is 0 Å². The highest BCUT2D eigenvalue weighted by atomic mass is 19.4. The van der Waals surface area contributed by atoms with Crippen molar-refractivity contribution in [2.75, 3.05) is 13.7 Å². The molecule has 0 heterocycles. The summed E-state index contributed by atoms with van der Waals surface area (Å²) in [7, 11) is 1.59. The molecular weight excluding hydrogens is 355 g/mol. The van der Waals surface area contributed by atoms with Gasteiger partial charge in [-0.05, 0) is 61.1 Å². The van der Waals surface area contributed by atoms with Gasteiger partial charge in [0.2, 0.25) is 5.91 Å². The number of hydrogen-bond acceptors (Lipinski definition) is 2. The van der Waals surface area contributed by atoms with E-state index in [-0.39, 0.29) is 5.92 Å². The van der Waals surface area contributed by atoms with E-state index in [0.29, 0.717) is 5.56 Å². The van der Waals surface area contributed by atoms with E-state index in [1.165, 1.54) is 0 Å². The largest absolute Gasteiger partial charge is 0.497 e. The SMILES string of the molecule is COc1ccc2cc([C@H](C)C(=O)N(CC(F)(F)F)[C@H](C)C3CC3)ccc2c1. The molecule has 3 nitrogen and oxygen atoms in total. The van der Waals surface area contributed by atoms with Crippen molar-refractivity contribution in [1.29, 1.82) is 0 Å². The molecule has 2 aromatic carbocycles. The van der Waals surface area contributed by atoms with Crippen LogP contribution in [0.25, 0.3) is 10.8 Å². The molecule has 146 valence electrons. The standard InChI is InChI=1S/C21H24F3NO2/c1-13(16-6-7-18-11-19(27-3)9-8-17(18)10-16)20(26)25(12-21(22,23)24)14(2)15-4-5-15/h6-11,13-15H,4-5,12H2,1-3H3/t13-,14+/m0/s1. The van der Waals surface area contributed by atoms with Crippen LogP contribution in [0.4, 0.5) is 13.2 Å². The average Bonchev–Trinajstić information content (AvgIpc) is 3.48. The van der Waals surface area contributed by atoms with Gasteiger partial charge in [0.1, 0.15) is 12.3 Å². The van der Waals surface area contributed by atoms with Crippen molar-refractivity contribution in [3.05, 3.63) is 42.0 Å². The first-order valence-corrected chi connectivity index (χ1v) is 9.14. The van der Waals surface area contributed by atoms with Gasteiger partial charge in [0.05, 0.1) is 13.0 Å². The van der Waals surface area contributed by atoms with Crippen molar-refractivity contribution < 1.29 is 22.7 Å². The Bertz CT molecular complexity index is 830. The molecule has 0 N–H and O–H groups in total. The van der Waals surface area contributed by atoms with Crippen molar-refractivity contribution in [1.82, 2.24) is 4.90 Å². The quantitative estimate of drug-likeness (QED) is 0.695. The van der Waals surface area contributed by atoms with Crippen molar-refractivity contribution >= 4 is 16.7 Å². The maximum absolute atomic E-state index is 13.1. The number of benzene rings is 2. The summed E-state index contributed by atoms with van der Waals surface area (Å²) in [5.41, 5.74) is 0.716. The van der Waals surface area contributed by atoms with E-state index in [0.717, 1.165) is 34.3 Å². The van der Waals surface area contributed by atoms with Gasteiger partial charge in [-0.1, -0.05) is 24.3 Å². The fraction of sp³-hybridized carbons (Fsp3) is 0.476. The molecule has 6 heteroatoms. The number of alkyl halides is 3. The number of methoxy groups -OCH3 is 1. The van der Waals surface area contributed by atoms with E-state index in [4.69, 9.17) is 4.74 Å². The molecule has 2 atom stereocenters. The number of hydrogen-bond donors (Lipinski definition) is 0. The predicted molar refractivity (Wildman–Crippen MR) is 98.9 cm³/mol. The molecule has 27 heavy (non-hydrogen) atoms. The van der Waals surface area contributed by atoms with Gasteiger partial charge >= 0.3 is 6.18 Å². The Morgan fingerprint density at radius 2 is 1.78 bits per heavy atom. The van der Waals surface area contributed by atoms with Crippen LogP contribution in [-0.2, 0) is 4.79 Å². The molecule has 3 rings (SSSR count). The van der Waals surface area contributed by atoms with Crippen LogP contribution in [0.2, 0.25) is 0 Å². The van der Waals surface area contributed by atoms with Crippen molar-refractivity contribution in [2.24, 2.45) is 5.92 Å². The highest BCUT2D eigenvalue weighted by Crippen LogP contribution is 2.37. The highest BCUT2D eigenvalue weighted by Gasteiger charge is 2.41. The minimum absolute atomic E-state index is 0.174. The number of rotatable bonds is 6. The van der Waals surface area contributed by atoms with Gasteiger partial charge in [0, 0.05) is 6.04 Å². The molecule has 1 saturated carbocycles. The summed E-state index contributed by atoms with van der Waals surface area (Å²) in [4.78, 5) is 14.0. The van der Waals surface area contributed by atoms with Gasteiger partial charge < -0.3 is 9.64 Å². The number of carbonyl (C=O) groups excluding carboxylic acids is 1. The van der Waals surface area contributed by atoms with E-state index in [2.05, 4.69) is 0 Å². The zero-order valence-electron chi connectivity index (χ0n) is 15.7. The molecule has 0 unspecified atom stereocenters. The molecule has 1 aliphatic carbocycles. The Hall–Kier alpha value is -2.24. The Kier molecular flexibility index (Phi) is 5.36. The van der Waals surface area contributed by atoms with Gasteiger partial charge in [-0.2, -0.15) is 13.2 Å². The normalized spacial score (nSPS) is 16.8. The molecule has 0 radical (unpaired) electrons. The first kappa shape index (κ1) is 19.5. The summed E-state index contributed by atoms with van der Waals surface area (Å²) in [5, 5.41) is 1.88. The molecular formula is C21H24F3NO2. The first-order valence-electron chi connectivity index (χ1n) is 9.14. The number of fused-ring (bicyclic) bond motifs is 1. The van der Waals surface area contributed by atoms with Crippen molar-refractivity contribution in [3.63, 3.8) is 0 Å². The van der Waals surface area contributed by atoms with Crippen LogP contribution < -0.4 is 4.74 Å². The molecule has 0 spiro atoms. The van der Waals surface area contributed by atoms with Gasteiger partial charge in [-0.15, -0.1) is 0 Å². The molecule has 1 fully saturated rings. The van der Waals surface area contributed by atoms with Gasteiger partial charge in [0.15, 0.2) is 0 Å². The number of ether oxygens (including phenoxy) is 1. The topological polar surface area (TPSA) is 29.5 Å². The number of amides is 1. The van der Waals surface area contributed by atoms with Crippen LogP contribution in [0.3, 0.4) is 0 Å². The Labute approximate surface area is 157 Å². The molecule has 1 amide bonds. The average molecular weight is 379 g/mol. The van der Waals surface area contributed by atoms with Crippen molar-refractivity contribution in [2.45, 2.75) is 44.8 Å². The summed E-state index contributed by atoms with van der Waals surface area (Å²) in [5.74, 6) is -0.207. The smallest absolute Gasteiger partial charge is 0.406 e. The molecule has 0 saturated heterocycles. The lowest BCUT2D eigenvalue weighted by Gasteiger charge is -2.32. The molecule has 1 aliphatic rings. The predicted octanol–water partition coefficient (Wildman–Crippen LogP) is 5.14. The Balaban J connectivity index is 1.86. The van der Waals surface area contributed by atoms with Crippen LogP contribution >= 0.6 is 0 Å². The lowest BCUT2D eigenvalue weighted by molar-refractivity contribution is -0.166. The summed E-state index contributed by atoms with van der Waals surface area (Å²) in [6.45, 7) is 2.20. The minimum Gasteiger partial charge on any atom is -0.497 e. The summed E-state index contributed by atoms with van der Waals surface area (Å²) >= 11 is 0. The molecule has 0 aliphatic heterocycles. The lowest BCUT2D eigenvalue weighted by atomic mass is 9.95. The maximum atomic E-state index is 13.1. The fourth-order valence-electron chi connectivity index (χ4n) is 3.48. The first-order chi connectivity index (χ1) is 12.7. The number of carbonyl (C=O) groups is 1. The molecule has 0 bridgehead atoms. The van der Waals surface area contributed by atoms with Crippen LogP contribution in [0.5, 0.6) is 5.75 Å². The monoisotopic (exact) mass is 379 g/mol. The molecule has 2 aromatic rings. The summed E-state index contributed by atoms with van der Waals surface area (Å²) in [6.07, 6.45) is -2.64.